The molecule has 0 saturated carbocycles. The zero-order valence-corrected chi connectivity index (χ0v) is 14.0. The van der Waals surface area contributed by atoms with Crippen molar-refractivity contribution >= 4 is 40.4 Å². The second-order valence-electron chi connectivity index (χ2n) is 5.17. The van der Waals surface area contributed by atoms with Crippen LogP contribution in [0.1, 0.15) is 21.6 Å². The predicted octanol–water partition coefficient (Wildman–Crippen LogP) is 2.58. The van der Waals surface area contributed by atoms with Gasteiger partial charge in [-0.15, -0.1) is 0 Å². The summed E-state index contributed by atoms with van der Waals surface area (Å²) in [6.07, 6.45) is 1.74. The summed E-state index contributed by atoms with van der Waals surface area (Å²) in [5.74, 6) is 0.266. The summed E-state index contributed by atoms with van der Waals surface area (Å²) in [6, 6.07) is 7.64. The molecule has 3 N–H and O–H groups in total. The number of nitrogens with one attached hydrogen (secondary N) is 3. The van der Waals surface area contributed by atoms with E-state index in [0.29, 0.717) is 29.6 Å². The summed E-state index contributed by atoms with van der Waals surface area (Å²) in [5, 5.41) is 9.23. The van der Waals surface area contributed by atoms with Crippen molar-refractivity contribution in [2.24, 2.45) is 0 Å². The fourth-order valence-corrected chi connectivity index (χ4v) is 3.00. The molecule has 0 unspecified atom stereocenters. The number of anilines is 1. The van der Waals surface area contributed by atoms with Crippen LogP contribution < -0.4 is 15.5 Å². The van der Waals surface area contributed by atoms with Gasteiger partial charge in [0, 0.05) is 17.8 Å². The highest BCUT2D eigenvalue weighted by atomic mass is 35.5. The molecule has 1 aromatic heterocycles. The lowest BCUT2D eigenvalue weighted by Crippen LogP contribution is -2.41. The average Bonchev–Trinajstić information content (AvgIpc) is 3.02. The Labute approximate surface area is 144 Å². The van der Waals surface area contributed by atoms with Gasteiger partial charge in [0.15, 0.2) is 5.82 Å². The first kappa shape index (κ1) is 15.8. The highest BCUT2D eigenvalue weighted by Crippen LogP contribution is 2.29. The van der Waals surface area contributed by atoms with Crippen molar-refractivity contribution in [2.75, 3.05) is 11.9 Å². The van der Waals surface area contributed by atoms with Crippen molar-refractivity contribution in [2.45, 2.75) is 13.1 Å². The average molecular weight is 347 g/mol. The molecular weight excluding hydrogens is 332 g/mol. The molecule has 7 heteroatoms. The number of benzene rings is 1. The lowest BCUT2D eigenvalue weighted by atomic mass is 10.1. The third-order valence-corrected chi connectivity index (χ3v) is 4.13. The van der Waals surface area contributed by atoms with Crippen LogP contribution in [0.15, 0.2) is 36.3 Å². The normalized spacial score (nSPS) is 13.6. The van der Waals surface area contributed by atoms with Crippen LogP contribution in [0.25, 0.3) is 0 Å². The number of hydrogen-bond donors (Lipinski definition) is 3. The second kappa shape index (κ2) is 6.56. The molecule has 1 amide bonds. The highest BCUT2D eigenvalue weighted by molar-refractivity contribution is 7.78. The van der Waals surface area contributed by atoms with Crippen LogP contribution in [0, 0.1) is 0 Å². The highest BCUT2D eigenvalue weighted by Gasteiger charge is 2.28. The van der Waals surface area contributed by atoms with Crippen LogP contribution in [0.4, 0.5) is 5.69 Å². The molecule has 3 rings (SSSR count). The van der Waals surface area contributed by atoms with E-state index >= 15 is 0 Å². The number of amides is 1. The fourth-order valence-electron chi connectivity index (χ4n) is 2.64. The van der Waals surface area contributed by atoms with E-state index in [9.17, 15) is 4.79 Å². The number of carbonyl (C=O) groups excluding carboxylic acids is 1. The number of aromatic amines is 1. The maximum Gasteiger partial charge on any atom is 0.275 e. The monoisotopic (exact) mass is 346 g/mol. The van der Waals surface area contributed by atoms with Gasteiger partial charge in [-0.3, -0.25) is 10.1 Å². The smallest absolute Gasteiger partial charge is 0.275 e. The molecule has 0 radical (unpaired) electrons. The van der Waals surface area contributed by atoms with Crippen LogP contribution in [-0.2, 0) is 13.1 Å². The molecule has 118 valence electrons. The lowest BCUT2D eigenvalue weighted by Gasteiger charge is -2.30. The molecule has 0 bridgehead atoms. The van der Waals surface area contributed by atoms with E-state index in [0.717, 1.165) is 16.8 Å². The Balaban J connectivity index is 2.01. The molecule has 2 aromatic rings. The van der Waals surface area contributed by atoms with Crippen molar-refractivity contribution in [1.82, 2.24) is 15.6 Å². The van der Waals surface area contributed by atoms with Gasteiger partial charge in [-0.05, 0) is 53.6 Å². The molecule has 5 nitrogen and oxygen atoms in total. The number of aromatic nitrogens is 1. The number of rotatable bonds is 4. The lowest BCUT2D eigenvalue weighted by molar-refractivity contribution is 0.0957. The topological polar surface area (TPSA) is 60.2 Å². The van der Waals surface area contributed by atoms with Gasteiger partial charge in [0.2, 0.25) is 0 Å². The van der Waals surface area contributed by atoms with Crippen molar-refractivity contribution in [3.8, 4) is 0 Å². The van der Waals surface area contributed by atoms with E-state index in [1.807, 2.05) is 36.2 Å². The third kappa shape index (κ3) is 3.02. The first-order chi connectivity index (χ1) is 11.1. The van der Waals surface area contributed by atoms with Gasteiger partial charge in [-0.2, -0.15) is 0 Å². The largest absolute Gasteiger partial charge is 0.355 e. The molecular formula is C16H15ClN4OS. The van der Waals surface area contributed by atoms with Crippen LogP contribution in [0.5, 0.6) is 0 Å². The number of carbonyl (C=O) groups is 1. The molecule has 1 aliphatic rings. The summed E-state index contributed by atoms with van der Waals surface area (Å²) in [6.45, 7) is 1.25. The molecule has 1 aromatic carbocycles. The van der Waals surface area contributed by atoms with E-state index in [-0.39, 0.29) is 5.91 Å². The minimum absolute atomic E-state index is 0.208. The van der Waals surface area contributed by atoms with Crippen LogP contribution in [-0.4, -0.2) is 23.0 Å². The number of nitrogens with zero attached hydrogens (tertiary/aromatic N) is 1. The third-order valence-electron chi connectivity index (χ3n) is 3.71. The Bertz CT molecular complexity index is 810. The molecule has 0 spiro atoms. The van der Waals surface area contributed by atoms with Gasteiger partial charge in [0.1, 0.15) is 5.69 Å². The summed E-state index contributed by atoms with van der Waals surface area (Å²) < 4.78 is 0. The first-order valence-electron chi connectivity index (χ1n) is 7.07. The number of halogens is 1. The van der Waals surface area contributed by atoms with Gasteiger partial charge >= 0.3 is 0 Å². The van der Waals surface area contributed by atoms with E-state index in [2.05, 4.69) is 20.6 Å². The van der Waals surface area contributed by atoms with Gasteiger partial charge in [0.05, 0.1) is 12.2 Å². The number of thiocarbonyl (C=S) groups is 1. The molecule has 0 saturated heterocycles. The molecule has 0 aliphatic carbocycles. The second-order valence-corrected chi connectivity index (χ2v) is 5.81. The SMILES string of the molecule is CNCc1cc(Cl)ccc1CN1C(=C=S)NC(=O)c2[nH]ccc21. The molecule has 23 heavy (non-hydrogen) atoms. The summed E-state index contributed by atoms with van der Waals surface area (Å²) >= 11 is 11.0. The summed E-state index contributed by atoms with van der Waals surface area (Å²) in [4.78, 5) is 16.9. The first-order valence-corrected chi connectivity index (χ1v) is 7.86. The van der Waals surface area contributed by atoms with E-state index < -0.39 is 0 Å². The van der Waals surface area contributed by atoms with Crippen molar-refractivity contribution in [3.63, 3.8) is 0 Å². The zero-order valence-electron chi connectivity index (χ0n) is 12.4. The van der Waals surface area contributed by atoms with Gasteiger partial charge in [0.25, 0.3) is 5.91 Å². The van der Waals surface area contributed by atoms with Crippen LogP contribution >= 0.6 is 23.8 Å². The Kier molecular flexibility index (Phi) is 4.50. The minimum Gasteiger partial charge on any atom is -0.355 e. The maximum atomic E-state index is 12.0. The zero-order chi connectivity index (χ0) is 16.4. The molecule has 0 fully saturated rings. The van der Waals surface area contributed by atoms with Crippen molar-refractivity contribution in [3.05, 3.63) is 58.1 Å². The molecule has 0 atom stereocenters. The standard InChI is InChI=1S/C16H15ClN4OS/c1-18-7-11-6-12(17)3-2-10(11)8-21-13-4-5-19-15(13)16(22)20-14(21)9-23/h2-6,18-19H,7-8H2,1H3,(H,20,22). The number of hydrogen-bond acceptors (Lipinski definition) is 4. The maximum absolute atomic E-state index is 12.0. The quantitative estimate of drug-likeness (QED) is 0.745. The number of fused-ring (bicyclic) bond motifs is 1. The minimum atomic E-state index is -0.208. The Morgan fingerprint density at radius 1 is 1.35 bits per heavy atom. The number of H-pyrrole nitrogens is 1. The predicted molar refractivity (Wildman–Crippen MR) is 94.8 cm³/mol. The van der Waals surface area contributed by atoms with E-state index in [1.54, 1.807) is 6.20 Å². The molecule has 2 heterocycles. The fraction of sp³-hybridized carbons (Fsp3) is 0.188. The van der Waals surface area contributed by atoms with Gasteiger partial charge in [-0.1, -0.05) is 17.7 Å². The Morgan fingerprint density at radius 3 is 2.91 bits per heavy atom. The van der Waals surface area contributed by atoms with E-state index in [4.69, 9.17) is 23.8 Å². The summed E-state index contributed by atoms with van der Waals surface area (Å²) in [5.41, 5.74) is 3.49. The molecule has 1 aliphatic heterocycles. The van der Waals surface area contributed by atoms with E-state index in [1.165, 1.54) is 0 Å². The van der Waals surface area contributed by atoms with Crippen molar-refractivity contribution in [1.29, 1.82) is 0 Å². The van der Waals surface area contributed by atoms with Gasteiger partial charge in [-0.25, -0.2) is 0 Å². The Morgan fingerprint density at radius 2 is 2.17 bits per heavy atom. The Hall–Kier alpha value is -2.11. The van der Waals surface area contributed by atoms with Gasteiger partial charge < -0.3 is 15.2 Å². The van der Waals surface area contributed by atoms with Crippen LogP contribution in [0.3, 0.4) is 0 Å². The van der Waals surface area contributed by atoms with Crippen molar-refractivity contribution < 1.29 is 4.79 Å². The summed E-state index contributed by atoms with van der Waals surface area (Å²) in [7, 11) is 1.89. The van der Waals surface area contributed by atoms with Crippen LogP contribution in [0.2, 0.25) is 5.02 Å².